The lowest BCUT2D eigenvalue weighted by molar-refractivity contribution is -0.140. The van der Waals surface area contributed by atoms with Crippen LogP contribution in [0.15, 0.2) is 42.0 Å². The number of likely N-dealkylation sites (tertiary alicyclic amines) is 1. The van der Waals surface area contributed by atoms with Crippen LogP contribution in [0, 0.1) is 13.8 Å². The van der Waals surface area contributed by atoms with Gasteiger partial charge in [0.15, 0.2) is 0 Å². The Hall–Kier alpha value is -2.34. The van der Waals surface area contributed by atoms with Gasteiger partial charge in [0.2, 0.25) is 0 Å². The molecule has 0 spiro atoms. The van der Waals surface area contributed by atoms with Crippen molar-refractivity contribution in [2.75, 3.05) is 26.2 Å². The van der Waals surface area contributed by atoms with Crippen LogP contribution in [0.3, 0.4) is 0 Å². The number of nitrogens with zero attached hydrogens (tertiary/aromatic N) is 2. The summed E-state index contributed by atoms with van der Waals surface area (Å²) in [5, 5.41) is 12.0. The predicted molar refractivity (Wildman–Crippen MR) is 134 cm³/mol. The van der Waals surface area contributed by atoms with Gasteiger partial charge in [-0.05, 0) is 69.2 Å². The summed E-state index contributed by atoms with van der Waals surface area (Å²) in [5.41, 5.74) is 3.02. The van der Waals surface area contributed by atoms with Crippen LogP contribution in [-0.2, 0) is 9.59 Å². The summed E-state index contributed by atoms with van der Waals surface area (Å²) < 4.78 is 0. The summed E-state index contributed by atoms with van der Waals surface area (Å²) in [4.78, 5) is 30.1. The van der Waals surface area contributed by atoms with E-state index in [2.05, 4.69) is 18.7 Å². The average Bonchev–Trinajstić information content (AvgIpc) is 3.04. The summed E-state index contributed by atoms with van der Waals surface area (Å²) in [6, 6.07) is 9.97. The first kappa shape index (κ1) is 25.3. The summed E-state index contributed by atoms with van der Waals surface area (Å²) >= 11 is 12.4. The third-order valence-corrected chi connectivity index (χ3v) is 6.95. The lowest BCUT2D eigenvalue weighted by Gasteiger charge is -2.27. The Balaban J connectivity index is 2.10. The normalized spacial score (nSPS) is 17.9. The molecular formula is C26H30Cl2N2O3. The molecule has 1 atom stereocenters. The number of aliphatic hydroxyl groups excluding tert-OH is 1. The van der Waals surface area contributed by atoms with Crippen molar-refractivity contribution in [2.24, 2.45) is 0 Å². The van der Waals surface area contributed by atoms with Gasteiger partial charge in [0, 0.05) is 12.1 Å². The van der Waals surface area contributed by atoms with Crippen molar-refractivity contribution in [3.05, 3.63) is 74.3 Å². The Morgan fingerprint density at radius 1 is 1.03 bits per heavy atom. The Morgan fingerprint density at radius 2 is 1.73 bits per heavy atom. The van der Waals surface area contributed by atoms with Gasteiger partial charge in [0.25, 0.3) is 11.7 Å². The highest BCUT2D eigenvalue weighted by atomic mass is 35.5. The van der Waals surface area contributed by atoms with E-state index in [0.717, 1.165) is 30.8 Å². The van der Waals surface area contributed by atoms with Crippen molar-refractivity contribution >= 4 is 40.7 Å². The molecule has 1 heterocycles. The molecule has 1 unspecified atom stereocenters. The van der Waals surface area contributed by atoms with E-state index in [0.29, 0.717) is 34.1 Å². The van der Waals surface area contributed by atoms with Crippen molar-refractivity contribution in [1.29, 1.82) is 0 Å². The van der Waals surface area contributed by atoms with Crippen LogP contribution in [0.4, 0.5) is 0 Å². The number of aryl methyl sites for hydroxylation is 2. The smallest absolute Gasteiger partial charge is 0.295 e. The third-order valence-electron chi connectivity index (χ3n) is 6.22. The topological polar surface area (TPSA) is 60.9 Å². The standard InChI is InChI=1S/C26H30Cl2N2O3/c1-5-29(6-2)12-7-13-30-23(18-10-11-20(27)21(28)15-18)22(25(32)26(30)33)24(31)19-14-16(3)8-9-17(19)4/h8-11,14-15,23,31H,5-7,12-13H2,1-4H3/b24-22+. The second kappa shape index (κ2) is 10.7. The van der Waals surface area contributed by atoms with E-state index in [9.17, 15) is 14.7 Å². The molecular weight excluding hydrogens is 459 g/mol. The Kier molecular flexibility index (Phi) is 8.22. The van der Waals surface area contributed by atoms with Crippen LogP contribution in [0.5, 0.6) is 0 Å². The van der Waals surface area contributed by atoms with Crippen LogP contribution < -0.4 is 0 Å². The molecule has 2 aromatic carbocycles. The van der Waals surface area contributed by atoms with E-state index in [1.165, 1.54) is 0 Å². The zero-order chi connectivity index (χ0) is 24.3. The lowest BCUT2D eigenvalue weighted by atomic mass is 9.93. The molecule has 1 aliphatic heterocycles. The number of amides is 1. The highest BCUT2D eigenvalue weighted by molar-refractivity contribution is 6.47. The van der Waals surface area contributed by atoms with Crippen molar-refractivity contribution in [3.63, 3.8) is 0 Å². The lowest BCUT2D eigenvalue weighted by Crippen LogP contribution is -2.33. The Labute approximate surface area is 205 Å². The number of rotatable bonds is 8. The zero-order valence-corrected chi connectivity index (χ0v) is 21.0. The summed E-state index contributed by atoms with van der Waals surface area (Å²) in [7, 11) is 0. The van der Waals surface area contributed by atoms with Gasteiger partial charge in [-0.15, -0.1) is 0 Å². The molecule has 176 valence electrons. The maximum absolute atomic E-state index is 13.2. The molecule has 1 saturated heterocycles. The van der Waals surface area contributed by atoms with Crippen LogP contribution in [0.2, 0.25) is 10.0 Å². The first-order valence-electron chi connectivity index (χ1n) is 11.2. The molecule has 2 aromatic rings. The van der Waals surface area contributed by atoms with Crippen LogP contribution in [-0.4, -0.2) is 52.8 Å². The fourth-order valence-electron chi connectivity index (χ4n) is 4.28. The van der Waals surface area contributed by atoms with E-state index in [1.54, 1.807) is 23.1 Å². The van der Waals surface area contributed by atoms with Gasteiger partial charge in [-0.3, -0.25) is 9.59 Å². The Morgan fingerprint density at radius 3 is 2.36 bits per heavy atom. The van der Waals surface area contributed by atoms with E-state index < -0.39 is 17.7 Å². The largest absolute Gasteiger partial charge is 0.507 e. The Bertz CT molecular complexity index is 1090. The molecule has 1 aliphatic rings. The molecule has 1 fully saturated rings. The van der Waals surface area contributed by atoms with Gasteiger partial charge in [-0.25, -0.2) is 0 Å². The van der Waals surface area contributed by atoms with Crippen molar-refractivity contribution in [2.45, 2.75) is 40.2 Å². The van der Waals surface area contributed by atoms with Gasteiger partial charge in [-0.1, -0.05) is 60.8 Å². The second-order valence-electron chi connectivity index (χ2n) is 8.36. The van der Waals surface area contributed by atoms with Gasteiger partial charge in [0.1, 0.15) is 5.76 Å². The van der Waals surface area contributed by atoms with Crippen molar-refractivity contribution < 1.29 is 14.7 Å². The molecule has 0 aliphatic carbocycles. The molecule has 5 nitrogen and oxygen atoms in total. The predicted octanol–water partition coefficient (Wildman–Crippen LogP) is 5.76. The van der Waals surface area contributed by atoms with Crippen molar-refractivity contribution in [3.8, 4) is 0 Å². The minimum absolute atomic E-state index is 0.0786. The average molecular weight is 489 g/mol. The fraction of sp³-hybridized carbons (Fsp3) is 0.385. The molecule has 0 bridgehead atoms. The van der Waals surface area contributed by atoms with Crippen LogP contribution in [0.1, 0.15) is 48.6 Å². The molecule has 1 amide bonds. The van der Waals surface area contributed by atoms with Gasteiger partial charge < -0.3 is 14.9 Å². The van der Waals surface area contributed by atoms with E-state index >= 15 is 0 Å². The number of ketones is 1. The molecule has 1 N–H and O–H groups in total. The third kappa shape index (κ3) is 5.26. The minimum Gasteiger partial charge on any atom is -0.507 e. The number of Topliss-reactive ketones (excluding diaryl/α,β-unsaturated/α-hetero) is 1. The molecule has 0 aromatic heterocycles. The SMILES string of the molecule is CCN(CC)CCCN1C(=O)C(=O)/C(=C(/O)c2cc(C)ccc2C)C1c1ccc(Cl)c(Cl)c1. The molecule has 0 radical (unpaired) electrons. The molecule has 7 heteroatoms. The second-order valence-corrected chi connectivity index (χ2v) is 9.18. The number of hydrogen-bond donors (Lipinski definition) is 1. The first-order valence-corrected chi connectivity index (χ1v) is 12.0. The number of halogens is 2. The maximum Gasteiger partial charge on any atom is 0.295 e. The highest BCUT2D eigenvalue weighted by Gasteiger charge is 2.46. The van der Waals surface area contributed by atoms with E-state index in [4.69, 9.17) is 23.2 Å². The molecule has 0 saturated carbocycles. The quantitative estimate of drug-likeness (QED) is 0.291. The number of benzene rings is 2. The maximum atomic E-state index is 13.2. The summed E-state index contributed by atoms with van der Waals surface area (Å²) in [5.74, 6) is -1.47. The highest BCUT2D eigenvalue weighted by Crippen LogP contribution is 2.41. The fourth-order valence-corrected chi connectivity index (χ4v) is 4.59. The summed E-state index contributed by atoms with van der Waals surface area (Å²) in [6.45, 7) is 11.0. The number of carbonyl (C=O) groups excluding carboxylic acids is 2. The van der Waals surface area contributed by atoms with Gasteiger partial charge in [0.05, 0.1) is 21.7 Å². The van der Waals surface area contributed by atoms with Crippen LogP contribution in [0.25, 0.3) is 5.76 Å². The van der Waals surface area contributed by atoms with Gasteiger partial charge in [-0.2, -0.15) is 0 Å². The number of carbonyl (C=O) groups is 2. The minimum atomic E-state index is -0.739. The van der Waals surface area contributed by atoms with Gasteiger partial charge >= 0.3 is 0 Å². The van der Waals surface area contributed by atoms with Crippen LogP contribution >= 0.6 is 23.2 Å². The van der Waals surface area contributed by atoms with E-state index in [1.807, 2.05) is 32.0 Å². The number of aliphatic hydroxyl groups is 1. The zero-order valence-electron chi connectivity index (χ0n) is 19.5. The first-order chi connectivity index (χ1) is 15.7. The van der Waals surface area contributed by atoms with Crippen molar-refractivity contribution in [1.82, 2.24) is 9.80 Å². The number of hydrogen-bond acceptors (Lipinski definition) is 4. The molecule has 3 rings (SSSR count). The monoisotopic (exact) mass is 488 g/mol. The van der Waals surface area contributed by atoms with E-state index in [-0.39, 0.29) is 11.3 Å². The molecule has 33 heavy (non-hydrogen) atoms. The summed E-state index contributed by atoms with van der Waals surface area (Å²) in [6.07, 6.45) is 0.704.